The summed E-state index contributed by atoms with van der Waals surface area (Å²) in [5.41, 5.74) is 1.62. The topological polar surface area (TPSA) is 116 Å². The third-order valence-electron chi connectivity index (χ3n) is 5.27. The van der Waals surface area contributed by atoms with Crippen LogP contribution in [0.1, 0.15) is 32.0 Å². The van der Waals surface area contributed by atoms with E-state index in [1.807, 2.05) is 32.2 Å². The fourth-order valence-electron chi connectivity index (χ4n) is 3.39. The standard InChI is InChI=1S/C21H28N6O3S/c1-11(2)16(25-18(28)13(4)22-5)20(30)27-15(9-14-7-6-8-23-17(14)27)19(29)26-21-24-12(3)10-31-21/h6-8,10-11,13,15-16,22H,9H2,1-5H3,(H,25,28)(H,24,26,29). The number of rotatable bonds is 7. The van der Waals surface area contributed by atoms with Crippen LogP contribution in [0.3, 0.4) is 0 Å². The first kappa shape index (κ1) is 22.8. The van der Waals surface area contributed by atoms with Crippen molar-refractivity contribution >= 4 is 40.0 Å². The molecule has 0 saturated heterocycles. The molecule has 1 aliphatic heterocycles. The van der Waals surface area contributed by atoms with Crippen LogP contribution in [0.2, 0.25) is 0 Å². The fourth-order valence-corrected chi connectivity index (χ4v) is 4.09. The third kappa shape index (κ3) is 4.91. The lowest BCUT2D eigenvalue weighted by Crippen LogP contribution is -2.57. The molecule has 3 rings (SSSR count). The maximum absolute atomic E-state index is 13.6. The van der Waals surface area contributed by atoms with Crippen LogP contribution in [0.15, 0.2) is 23.7 Å². The van der Waals surface area contributed by atoms with Gasteiger partial charge in [0.1, 0.15) is 17.9 Å². The summed E-state index contributed by atoms with van der Waals surface area (Å²) < 4.78 is 0. The van der Waals surface area contributed by atoms with Crippen molar-refractivity contribution in [3.8, 4) is 0 Å². The largest absolute Gasteiger partial charge is 0.343 e. The zero-order valence-electron chi connectivity index (χ0n) is 18.3. The molecule has 166 valence electrons. The summed E-state index contributed by atoms with van der Waals surface area (Å²) in [6.45, 7) is 7.28. The molecule has 0 radical (unpaired) electrons. The zero-order chi connectivity index (χ0) is 22.7. The van der Waals surface area contributed by atoms with Crippen molar-refractivity contribution in [2.24, 2.45) is 5.92 Å². The number of hydrogen-bond donors (Lipinski definition) is 3. The van der Waals surface area contributed by atoms with Crippen molar-refractivity contribution in [1.29, 1.82) is 0 Å². The van der Waals surface area contributed by atoms with E-state index >= 15 is 0 Å². The number of carbonyl (C=O) groups excluding carboxylic acids is 3. The maximum Gasteiger partial charge on any atom is 0.251 e. The number of aromatic nitrogens is 2. The summed E-state index contributed by atoms with van der Waals surface area (Å²) in [7, 11) is 1.68. The molecule has 0 spiro atoms. The zero-order valence-corrected chi connectivity index (χ0v) is 19.1. The quantitative estimate of drug-likeness (QED) is 0.596. The summed E-state index contributed by atoms with van der Waals surface area (Å²) in [4.78, 5) is 49.3. The van der Waals surface area contributed by atoms with Crippen molar-refractivity contribution in [2.45, 2.75) is 52.2 Å². The average Bonchev–Trinajstić information content (AvgIpc) is 3.33. The summed E-state index contributed by atoms with van der Waals surface area (Å²) in [6, 6.07) is 1.61. The van der Waals surface area contributed by atoms with Crippen LogP contribution in [-0.2, 0) is 20.8 Å². The molecular formula is C21H28N6O3S. The highest BCUT2D eigenvalue weighted by molar-refractivity contribution is 7.13. The Kier molecular flexibility index (Phi) is 7.01. The highest BCUT2D eigenvalue weighted by Crippen LogP contribution is 2.32. The van der Waals surface area contributed by atoms with Gasteiger partial charge >= 0.3 is 0 Å². The first-order chi connectivity index (χ1) is 14.7. The van der Waals surface area contributed by atoms with Crippen molar-refractivity contribution in [1.82, 2.24) is 20.6 Å². The molecule has 31 heavy (non-hydrogen) atoms. The Balaban J connectivity index is 1.89. The number of aryl methyl sites for hydroxylation is 1. The van der Waals surface area contributed by atoms with Crippen molar-refractivity contribution in [3.63, 3.8) is 0 Å². The van der Waals surface area contributed by atoms with Crippen LogP contribution < -0.4 is 20.9 Å². The van der Waals surface area contributed by atoms with E-state index in [2.05, 4.69) is 25.9 Å². The minimum Gasteiger partial charge on any atom is -0.343 e. The second-order valence-corrected chi connectivity index (χ2v) is 8.80. The van der Waals surface area contributed by atoms with Gasteiger partial charge in [-0.15, -0.1) is 11.3 Å². The molecule has 9 nitrogen and oxygen atoms in total. The Bertz CT molecular complexity index is 976. The molecule has 0 aliphatic carbocycles. The number of amides is 3. The molecule has 3 unspecified atom stereocenters. The Labute approximate surface area is 185 Å². The van der Waals surface area contributed by atoms with Crippen molar-refractivity contribution < 1.29 is 14.4 Å². The number of fused-ring (bicyclic) bond motifs is 1. The van der Waals surface area contributed by atoms with Gasteiger partial charge in [0.2, 0.25) is 11.8 Å². The second kappa shape index (κ2) is 9.52. The van der Waals surface area contributed by atoms with E-state index in [4.69, 9.17) is 0 Å². The lowest BCUT2D eigenvalue weighted by atomic mass is 10.0. The van der Waals surface area contributed by atoms with Gasteiger partial charge in [-0.3, -0.25) is 19.3 Å². The summed E-state index contributed by atoms with van der Waals surface area (Å²) in [5, 5.41) is 10.8. The molecule has 2 aromatic rings. The molecule has 0 bridgehead atoms. The number of nitrogens with zero attached hydrogens (tertiary/aromatic N) is 3. The lowest BCUT2D eigenvalue weighted by molar-refractivity contribution is -0.130. The molecule has 0 aromatic carbocycles. The number of thiazole rings is 1. The van der Waals surface area contributed by atoms with Crippen LogP contribution in [0, 0.1) is 12.8 Å². The Morgan fingerprint density at radius 3 is 2.61 bits per heavy atom. The monoisotopic (exact) mass is 444 g/mol. The molecular weight excluding hydrogens is 416 g/mol. The predicted octanol–water partition coefficient (Wildman–Crippen LogP) is 1.49. The van der Waals surface area contributed by atoms with Crippen LogP contribution in [0.5, 0.6) is 0 Å². The Morgan fingerprint density at radius 1 is 1.26 bits per heavy atom. The molecule has 10 heteroatoms. The Hall–Kier alpha value is -2.85. The minimum atomic E-state index is -0.798. The number of anilines is 2. The van der Waals surface area contributed by atoms with Crippen LogP contribution >= 0.6 is 11.3 Å². The van der Waals surface area contributed by atoms with Gasteiger partial charge in [-0.05, 0) is 38.4 Å². The van der Waals surface area contributed by atoms with Crippen LogP contribution in [-0.4, -0.2) is 52.9 Å². The molecule has 3 amide bonds. The molecule has 3 atom stereocenters. The third-order valence-corrected chi connectivity index (χ3v) is 6.14. The lowest BCUT2D eigenvalue weighted by Gasteiger charge is -2.30. The van der Waals surface area contributed by atoms with Crippen molar-refractivity contribution in [3.05, 3.63) is 35.0 Å². The fraction of sp³-hybridized carbons (Fsp3) is 0.476. The Morgan fingerprint density at radius 2 is 2.00 bits per heavy atom. The average molecular weight is 445 g/mol. The highest BCUT2D eigenvalue weighted by Gasteiger charge is 2.43. The summed E-state index contributed by atoms with van der Waals surface area (Å²) in [6.07, 6.45) is 1.94. The molecule has 3 N–H and O–H groups in total. The van der Waals surface area contributed by atoms with Gasteiger partial charge in [-0.2, -0.15) is 0 Å². The molecule has 3 heterocycles. The maximum atomic E-state index is 13.6. The van der Waals surface area contributed by atoms with Gasteiger partial charge in [0.05, 0.1) is 11.7 Å². The van der Waals surface area contributed by atoms with Gasteiger partial charge in [0.15, 0.2) is 5.13 Å². The van der Waals surface area contributed by atoms with E-state index in [0.717, 1.165) is 11.3 Å². The first-order valence-corrected chi connectivity index (χ1v) is 11.1. The van der Waals surface area contributed by atoms with E-state index < -0.39 is 18.1 Å². The molecule has 2 aromatic heterocycles. The normalized spacial score (nSPS) is 17.2. The number of likely N-dealkylation sites (N-methyl/N-ethyl adjacent to an activating group) is 1. The summed E-state index contributed by atoms with van der Waals surface area (Å²) >= 11 is 1.33. The number of hydrogen-bond acceptors (Lipinski definition) is 7. The van der Waals surface area contributed by atoms with E-state index in [1.165, 1.54) is 16.2 Å². The molecule has 0 fully saturated rings. The molecule has 1 aliphatic rings. The van der Waals surface area contributed by atoms with Gasteiger partial charge < -0.3 is 16.0 Å². The number of pyridine rings is 1. The minimum absolute atomic E-state index is 0.182. The van der Waals surface area contributed by atoms with Gasteiger partial charge in [-0.1, -0.05) is 19.9 Å². The first-order valence-electron chi connectivity index (χ1n) is 10.2. The smallest absolute Gasteiger partial charge is 0.251 e. The van der Waals surface area contributed by atoms with E-state index in [-0.39, 0.29) is 23.6 Å². The van der Waals surface area contributed by atoms with E-state index in [9.17, 15) is 14.4 Å². The van der Waals surface area contributed by atoms with Crippen molar-refractivity contribution in [2.75, 3.05) is 17.3 Å². The van der Waals surface area contributed by atoms with Crippen LogP contribution in [0.4, 0.5) is 10.9 Å². The summed E-state index contributed by atoms with van der Waals surface area (Å²) in [5.74, 6) is -0.713. The van der Waals surface area contributed by atoms with Gasteiger partial charge in [0, 0.05) is 18.0 Å². The van der Waals surface area contributed by atoms with Crippen LogP contribution in [0.25, 0.3) is 0 Å². The number of carbonyl (C=O) groups is 3. The highest BCUT2D eigenvalue weighted by atomic mass is 32.1. The van der Waals surface area contributed by atoms with E-state index in [1.54, 1.807) is 26.2 Å². The predicted molar refractivity (Wildman–Crippen MR) is 120 cm³/mol. The SMILES string of the molecule is CNC(C)C(=O)NC(C(=O)N1c2ncccc2CC1C(=O)Nc1nc(C)cs1)C(C)C. The van der Waals surface area contributed by atoms with Gasteiger partial charge in [0.25, 0.3) is 5.91 Å². The van der Waals surface area contributed by atoms with E-state index in [0.29, 0.717) is 17.4 Å². The molecule has 0 saturated carbocycles. The van der Waals surface area contributed by atoms with Gasteiger partial charge in [-0.25, -0.2) is 9.97 Å². The second-order valence-electron chi connectivity index (χ2n) is 7.94. The number of nitrogens with one attached hydrogen (secondary N) is 3.